The van der Waals surface area contributed by atoms with Crippen LogP contribution in [-0.4, -0.2) is 87.7 Å². The van der Waals surface area contributed by atoms with Crippen LogP contribution in [0.5, 0.6) is 0 Å². The number of aldehydes is 1. The maximum Gasteiger partial charge on any atom is 0.420 e. The number of aromatic nitrogens is 2. The van der Waals surface area contributed by atoms with E-state index in [1.54, 1.807) is 52.6 Å². The number of pyridine rings is 1. The molecule has 14 nitrogen and oxygen atoms in total. The molecule has 4 amide bonds. The fourth-order valence-corrected chi connectivity index (χ4v) is 9.82. The van der Waals surface area contributed by atoms with Gasteiger partial charge in [-0.25, -0.2) is 9.37 Å². The van der Waals surface area contributed by atoms with Crippen molar-refractivity contribution in [3.63, 3.8) is 0 Å². The van der Waals surface area contributed by atoms with Gasteiger partial charge in [-0.1, -0.05) is 63.6 Å². The van der Waals surface area contributed by atoms with Gasteiger partial charge in [0, 0.05) is 44.2 Å². The first kappa shape index (κ1) is 56.2. The molecule has 3 aromatic carbocycles. The molecule has 1 aliphatic rings. The zero-order valence-electron chi connectivity index (χ0n) is 42.2. The van der Waals surface area contributed by atoms with Crippen LogP contribution >= 0.6 is 23.6 Å². The van der Waals surface area contributed by atoms with Crippen molar-refractivity contribution in [2.24, 2.45) is 5.41 Å². The number of nitrogens with one attached hydrogen (secondary N) is 3. The van der Waals surface area contributed by atoms with E-state index >= 15 is 4.39 Å². The normalized spacial score (nSPS) is 14.1. The third kappa shape index (κ3) is 13.3. The Labute approximate surface area is 437 Å². The first-order chi connectivity index (χ1) is 35.0. The van der Waals surface area contributed by atoms with Crippen molar-refractivity contribution >= 4 is 70.0 Å². The van der Waals surface area contributed by atoms with Crippen molar-refractivity contribution in [1.29, 1.82) is 5.26 Å². The van der Waals surface area contributed by atoms with E-state index in [4.69, 9.17) is 12.2 Å². The van der Waals surface area contributed by atoms with Crippen LogP contribution in [-0.2, 0) is 31.9 Å². The van der Waals surface area contributed by atoms with Gasteiger partial charge in [0.1, 0.15) is 23.9 Å². The molecule has 20 heteroatoms. The molecule has 0 saturated carbocycles. The molecule has 6 rings (SSSR count). The second-order valence-corrected chi connectivity index (χ2v) is 20.9. The first-order valence-corrected chi connectivity index (χ1v) is 25.3. The van der Waals surface area contributed by atoms with E-state index in [-0.39, 0.29) is 40.8 Å². The number of anilines is 2. The third-order valence-electron chi connectivity index (χ3n) is 12.7. The minimum atomic E-state index is -5.16. The van der Waals surface area contributed by atoms with Crippen molar-refractivity contribution in [1.82, 2.24) is 30.8 Å². The summed E-state index contributed by atoms with van der Waals surface area (Å²) in [6.45, 7) is 11.7. The molecule has 1 fully saturated rings. The number of hydrogen-bond acceptors (Lipinski definition) is 10. The summed E-state index contributed by atoms with van der Waals surface area (Å²) in [6.07, 6.45) is -0.0288. The predicted molar refractivity (Wildman–Crippen MR) is 280 cm³/mol. The minimum Gasteiger partial charge on any atom is -0.352 e. The summed E-state index contributed by atoms with van der Waals surface area (Å²) in [5.41, 5.74) is 1.40. The van der Waals surface area contributed by atoms with Gasteiger partial charge in [0.15, 0.2) is 10.9 Å². The van der Waals surface area contributed by atoms with E-state index in [0.717, 1.165) is 38.7 Å². The second-order valence-electron chi connectivity index (χ2n) is 19.7. The topological polar surface area (TPSA) is 181 Å². The number of aryl methyl sites for hydroxylation is 1. The minimum absolute atomic E-state index is 0.177. The summed E-state index contributed by atoms with van der Waals surface area (Å²) in [4.78, 5) is 79.8. The number of thiazole rings is 1. The molecule has 0 bridgehead atoms. The average Bonchev–Trinajstić information content (AvgIpc) is 4.05. The number of likely N-dealkylation sites (tertiary alicyclic amines) is 1. The van der Waals surface area contributed by atoms with Crippen LogP contribution in [0.1, 0.15) is 106 Å². The number of carbonyl (C=O) groups is 5. The molecule has 0 aliphatic carbocycles. The van der Waals surface area contributed by atoms with Crippen molar-refractivity contribution in [3.05, 3.63) is 118 Å². The number of benzene rings is 3. The predicted octanol–water partition coefficient (Wildman–Crippen LogP) is 9.54. The molecular formula is C54H59F4N9O5S2. The molecule has 3 heterocycles. The Morgan fingerprint density at radius 3 is 2.22 bits per heavy atom. The Kier molecular flexibility index (Phi) is 18.1. The van der Waals surface area contributed by atoms with E-state index in [1.165, 1.54) is 38.1 Å². The third-order valence-corrected chi connectivity index (χ3v) is 14.2. The summed E-state index contributed by atoms with van der Waals surface area (Å²) >= 11 is 7.20. The smallest absolute Gasteiger partial charge is 0.352 e. The van der Waals surface area contributed by atoms with Crippen LogP contribution in [0.3, 0.4) is 0 Å². The summed E-state index contributed by atoms with van der Waals surface area (Å²) in [6, 6.07) is 19.6. The van der Waals surface area contributed by atoms with E-state index < -0.39 is 51.8 Å². The van der Waals surface area contributed by atoms with Gasteiger partial charge in [0.25, 0.3) is 5.91 Å². The van der Waals surface area contributed by atoms with Gasteiger partial charge in [-0.2, -0.15) is 18.4 Å². The van der Waals surface area contributed by atoms with Crippen LogP contribution in [0.15, 0.2) is 84.5 Å². The lowest BCUT2D eigenvalue weighted by Gasteiger charge is -2.39. The van der Waals surface area contributed by atoms with Crippen LogP contribution < -0.4 is 25.8 Å². The van der Waals surface area contributed by atoms with Gasteiger partial charge < -0.3 is 35.4 Å². The van der Waals surface area contributed by atoms with E-state index in [9.17, 15) is 42.4 Å². The Morgan fingerprint density at radius 2 is 1.62 bits per heavy atom. The Hall–Kier alpha value is -7.11. The largest absolute Gasteiger partial charge is 0.420 e. The highest BCUT2D eigenvalue weighted by Crippen LogP contribution is 2.39. The SMILES string of the molecule is Cc1ncsc1-c1ccc(CNC(=O)[C@@H]2CCCN2C(=O)C(NC(=O)CCCCCNC(=O)c2ccc(-c3ccc(N(C(=S)N(C)c4ccc(C#N)c(C(F)(F)F)c4F)C(C)(C)C=O)cn3)cc2)C(C)(C)C)cc1. The van der Waals surface area contributed by atoms with E-state index in [2.05, 4.69) is 25.9 Å². The molecular weight excluding hydrogens is 995 g/mol. The lowest BCUT2D eigenvalue weighted by molar-refractivity contribution is -0.144. The zero-order chi connectivity index (χ0) is 54.1. The molecule has 1 aliphatic heterocycles. The Morgan fingerprint density at radius 1 is 0.932 bits per heavy atom. The number of thiocarbonyl (C=S) groups is 1. The second kappa shape index (κ2) is 23.8. The molecule has 2 aromatic heterocycles. The number of nitriles is 1. The summed E-state index contributed by atoms with van der Waals surface area (Å²) in [5.74, 6) is -2.79. The average molecular weight is 1050 g/mol. The van der Waals surface area contributed by atoms with Crippen molar-refractivity contribution in [2.75, 3.05) is 29.9 Å². The van der Waals surface area contributed by atoms with Crippen LogP contribution in [0.4, 0.5) is 28.9 Å². The molecule has 1 saturated heterocycles. The van der Waals surface area contributed by atoms with Gasteiger partial charge in [0.05, 0.1) is 56.5 Å². The lowest BCUT2D eigenvalue weighted by atomic mass is 9.85. The number of alkyl halides is 3. The number of rotatable bonds is 18. The van der Waals surface area contributed by atoms with Crippen LogP contribution in [0.2, 0.25) is 0 Å². The fourth-order valence-electron chi connectivity index (χ4n) is 8.57. The van der Waals surface area contributed by atoms with Gasteiger partial charge in [0.2, 0.25) is 17.7 Å². The standard InChI is InChI=1S/C54H59F4N9O5S2/c1-33-46(74-32-63-33)36-16-14-34(15-17-36)29-62-49(71)42-12-11-27-66(42)50(72)47(52(2,3)4)64-43(69)13-9-8-10-26-60-48(70)37-20-18-35(19-21-37)40-24-23-39(30-61-40)67(53(5,6)31-68)51(73)65(7)41-25-22-38(28-59)44(45(41)55)54(56,57)58/h14-25,30-32,42,47H,8-13,26-27,29H2,1-7H3,(H,60,70)(H,62,71)(H,64,69)/t42-,47?/m0/s1. The summed E-state index contributed by atoms with van der Waals surface area (Å²) < 4.78 is 56.7. The van der Waals surface area contributed by atoms with Gasteiger partial charge in [-0.3, -0.25) is 24.2 Å². The highest BCUT2D eigenvalue weighted by molar-refractivity contribution is 7.80. The van der Waals surface area contributed by atoms with Gasteiger partial charge >= 0.3 is 6.18 Å². The Bertz CT molecular complexity index is 2900. The van der Waals surface area contributed by atoms with E-state index in [0.29, 0.717) is 74.8 Å². The summed E-state index contributed by atoms with van der Waals surface area (Å²) in [7, 11) is 1.25. The van der Waals surface area contributed by atoms with Crippen molar-refractivity contribution in [3.8, 4) is 27.8 Å². The Balaban J connectivity index is 0.961. The van der Waals surface area contributed by atoms with Crippen molar-refractivity contribution in [2.45, 2.75) is 110 Å². The zero-order valence-corrected chi connectivity index (χ0v) is 43.9. The number of hydrogen-bond donors (Lipinski definition) is 3. The maximum atomic E-state index is 15.4. The molecule has 74 heavy (non-hydrogen) atoms. The highest BCUT2D eigenvalue weighted by Gasteiger charge is 2.43. The number of amides is 4. The molecule has 2 atom stereocenters. The van der Waals surface area contributed by atoms with Crippen LogP contribution in [0.25, 0.3) is 21.7 Å². The molecule has 0 spiro atoms. The number of halogens is 4. The molecule has 3 N–H and O–H groups in total. The summed E-state index contributed by atoms with van der Waals surface area (Å²) in [5, 5.41) is 17.8. The number of carbonyl (C=O) groups excluding carboxylic acids is 5. The number of nitrogens with zero attached hydrogens (tertiary/aromatic N) is 6. The highest BCUT2D eigenvalue weighted by atomic mass is 32.1. The monoisotopic (exact) mass is 1050 g/mol. The molecule has 390 valence electrons. The quantitative estimate of drug-likeness (QED) is 0.0329. The lowest BCUT2D eigenvalue weighted by Crippen LogP contribution is -2.57. The number of unbranched alkanes of at least 4 members (excludes halogenated alkanes) is 2. The van der Waals surface area contributed by atoms with Gasteiger partial charge in [-0.05, 0) is 112 Å². The van der Waals surface area contributed by atoms with Crippen molar-refractivity contribution < 1.29 is 41.5 Å². The molecule has 0 radical (unpaired) electrons. The fraction of sp³-hybridized carbons (Fsp3) is 0.389. The molecule has 5 aromatic rings. The van der Waals surface area contributed by atoms with Crippen LogP contribution in [0, 0.1) is 29.5 Å². The van der Waals surface area contributed by atoms with Gasteiger partial charge in [-0.15, -0.1) is 11.3 Å². The molecule has 1 unspecified atom stereocenters. The maximum absolute atomic E-state index is 15.4. The first-order valence-electron chi connectivity index (χ1n) is 24.0. The van der Waals surface area contributed by atoms with E-state index in [1.807, 2.05) is 57.5 Å².